The number of amidine groups is 1. The monoisotopic (exact) mass is 363 g/mol. The molecular weight excluding hydrogens is 334 g/mol. The Hall–Kier alpha value is -1.54. The van der Waals surface area contributed by atoms with E-state index in [1.807, 2.05) is 12.1 Å². The molecule has 0 bridgehead atoms. The van der Waals surface area contributed by atoms with Crippen molar-refractivity contribution in [3.63, 3.8) is 0 Å². The van der Waals surface area contributed by atoms with Gasteiger partial charge in [-0.1, -0.05) is 53.8 Å². The summed E-state index contributed by atoms with van der Waals surface area (Å²) in [5, 5.41) is 14.2. The first-order valence-electron chi connectivity index (χ1n) is 8.34. The summed E-state index contributed by atoms with van der Waals surface area (Å²) in [7, 11) is 1.77. The molecule has 7 heteroatoms. The first-order valence-corrected chi connectivity index (χ1v) is 8.81. The number of hydrazine groups is 2. The van der Waals surface area contributed by atoms with Crippen molar-refractivity contribution in [1.29, 1.82) is 0 Å². The van der Waals surface area contributed by atoms with E-state index >= 15 is 0 Å². The standard InChI is InChI=1S/C18H29N5OS/c1-17(2,3)12-8-11(9-13(14(12)24)18(4,5)6)15-21-16(19)23(20-7)22(15)10-25/h8-10,16,20,24H,19H2,1-7H3. The molecule has 4 N–H and O–H groups in total. The maximum Gasteiger partial charge on any atom is 0.187 e. The van der Waals surface area contributed by atoms with Gasteiger partial charge in [0.2, 0.25) is 0 Å². The summed E-state index contributed by atoms with van der Waals surface area (Å²) in [5.41, 5.74) is 12.8. The lowest BCUT2D eigenvalue weighted by Gasteiger charge is -2.30. The van der Waals surface area contributed by atoms with Gasteiger partial charge in [-0.05, 0) is 23.0 Å². The maximum absolute atomic E-state index is 10.9. The quantitative estimate of drug-likeness (QED) is 0.717. The van der Waals surface area contributed by atoms with Gasteiger partial charge >= 0.3 is 0 Å². The molecule has 1 aromatic rings. The Morgan fingerprint density at radius 3 is 2.00 bits per heavy atom. The Balaban J connectivity index is 2.70. The Morgan fingerprint density at radius 2 is 1.64 bits per heavy atom. The van der Waals surface area contributed by atoms with Crippen molar-refractivity contribution in [1.82, 2.24) is 15.6 Å². The van der Waals surface area contributed by atoms with Crippen LogP contribution in [0.15, 0.2) is 17.1 Å². The molecule has 0 radical (unpaired) electrons. The molecule has 1 atom stereocenters. The van der Waals surface area contributed by atoms with E-state index < -0.39 is 6.29 Å². The van der Waals surface area contributed by atoms with Crippen LogP contribution >= 0.6 is 12.2 Å². The van der Waals surface area contributed by atoms with E-state index in [9.17, 15) is 5.11 Å². The number of phenolic OH excluding ortho intramolecular Hbond substituents is 1. The average molecular weight is 364 g/mol. The molecule has 1 aliphatic heterocycles. The first kappa shape index (κ1) is 19.8. The number of nitrogens with one attached hydrogen (secondary N) is 1. The zero-order valence-corrected chi connectivity index (χ0v) is 16.9. The molecule has 2 rings (SSSR count). The van der Waals surface area contributed by atoms with Gasteiger partial charge in [-0.2, -0.15) is 0 Å². The summed E-state index contributed by atoms with van der Waals surface area (Å²) in [4.78, 5) is 4.54. The van der Waals surface area contributed by atoms with Crippen LogP contribution in [0.1, 0.15) is 58.2 Å². The van der Waals surface area contributed by atoms with Crippen molar-refractivity contribution in [3.8, 4) is 5.75 Å². The van der Waals surface area contributed by atoms with Crippen molar-refractivity contribution in [2.75, 3.05) is 7.05 Å². The molecule has 0 amide bonds. The van der Waals surface area contributed by atoms with Gasteiger partial charge in [-0.25, -0.2) is 15.4 Å². The first-order chi connectivity index (χ1) is 11.4. The van der Waals surface area contributed by atoms with Gasteiger partial charge < -0.3 is 5.11 Å². The van der Waals surface area contributed by atoms with Crippen LogP contribution in [0.25, 0.3) is 0 Å². The zero-order valence-electron chi connectivity index (χ0n) is 16.1. The highest BCUT2D eigenvalue weighted by atomic mass is 32.1. The minimum Gasteiger partial charge on any atom is -0.507 e. The van der Waals surface area contributed by atoms with E-state index in [2.05, 4.69) is 52.0 Å². The predicted octanol–water partition coefficient (Wildman–Crippen LogP) is 2.60. The number of nitrogens with zero attached hydrogens (tertiary/aromatic N) is 3. The lowest BCUT2D eigenvalue weighted by molar-refractivity contribution is 0.0406. The molecular formula is C18H29N5OS. The highest BCUT2D eigenvalue weighted by Crippen LogP contribution is 2.40. The molecule has 1 heterocycles. The lowest BCUT2D eigenvalue weighted by Crippen LogP contribution is -2.53. The van der Waals surface area contributed by atoms with E-state index in [1.54, 1.807) is 17.2 Å². The number of aromatic hydroxyl groups is 1. The summed E-state index contributed by atoms with van der Waals surface area (Å²) in [6.45, 7) is 12.5. The summed E-state index contributed by atoms with van der Waals surface area (Å²) >= 11 is 5.16. The van der Waals surface area contributed by atoms with Crippen LogP contribution < -0.4 is 11.2 Å². The summed E-state index contributed by atoms with van der Waals surface area (Å²) < 4.78 is 0. The van der Waals surface area contributed by atoms with Crippen molar-refractivity contribution in [2.24, 2.45) is 10.7 Å². The Labute approximate surface area is 155 Å². The molecule has 0 spiro atoms. The van der Waals surface area contributed by atoms with E-state index in [0.29, 0.717) is 11.6 Å². The normalized spacial score (nSPS) is 19.3. The van der Waals surface area contributed by atoms with Crippen molar-refractivity contribution in [2.45, 2.75) is 58.7 Å². The predicted molar refractivity (Wildman–Crippen MR) is 106 cm³/mol. The number of nitrogens with two attached hydrogens (primary N) is 1. The fourth-order valence-corrected chi connectivity index (χ4v) is 3.12. The van der Waals surface area contributed by atoms with Crippen LogP contribution in [0.3, 0.4) is 0 Å². The molecule has 1 unspecified atom stereocenters. The van der Waals surface area contributed by atoms with Gasteiger partial charge in [-0.15, -0.1) is 5.12 Å². The van der Waals surface area contributed by atoms with Crippen LogP contribution in [-0.2, 0) is 10.8 Å². The summed E-state index contributed by atoms with van der Waals surface area (Å²) in [6.07, 6.45) is -0.566. The van der Waals surface area contributed by atoms with Crippen LogP contribution in [0.4, 0.5) is 0 Å². The molecule has 1 aliphatic rings. The van der Waals surface area contributed by atoms with Gasteiger partial charge in [0, 0.05) is 23.7 Å². The molecule has 0 saturated carbocycles. The van der Waals surface area contributed by atoms with E-state index in [-0.39, 0.29) is 10.8 Å². The second-order valence-corrected chi connectivity index (χ2v) is 8.52. The number of aliphatic imine (C=N–C) groups is 1. The third-order valence-corrected chi connectivity index (χ3v) is 4.47. The van der Waals surface area contributed by atoms with E-state index in [4.69, 9.17) is 18.0 Å². The topological polar surface area (TPSA) is 77.1 Å². The summed E-state index contributed by atoms with van der Waals surface area (Å²) in [5.74, 6) is 0.999. The second-order valence-electron chi connectivity index (χ2n) is 8.30. The minimum atomic E-state index is -0.566. The number of phenols is 1. The molecule has 25 heavy (non-hydrogen) atoms. The number of benzene rings is 1. The number of rotatable bonds is 3. The van der Waals surface area contributed by atoms with Crippen molar-refractivity contribution >= 4 is 23.5 Å². The third kappa shape index (κ3) is 3.69. The lowest BCUT2D eigenvalue weighted by atomic mass is 9.78. The van der Waals surface area contributed by atoms with Gasteiger partial charge in [-0.3, -0.25) is 5.73 Å². The number of hydrogen-bond donors (Lipinski definition) is 3. The van der Waals surface area contributed by atoms with Gasteiger partial charge in [0.15, 0.2) is 12.1 Å². The van der Waals surface area contributed by atoms with Crippen LogP contribution in [-0.4, -0.2) is 39.9 Å². The molecule has 0 saturated heterocycles. The largest absolute Gasteiger partial charge is 0.507 e. The SMILES string of the molecule is CNN1C(N)N=C(c2cc(C(C)(C)C)c(O)c(C(C)(C)C)c2)N1C=S. The Morgan fingerprint density at radius 1 is 1.16 bits per heavy atom. The smallest absolute Gasteiger partial charge is 0.187 e. The Kier molecular flexibility index (Phi) is 5.26. The van der Waals surface area contributed by atoms with Crippen LogP contribution in [0.5, 0.6) is 5.75 Å². The minimum absolute atomic E-state index is 0.216. The van der Waals surface area contributed by atoms with Crippen LogP contribution in [0.2, 0.25) is 0 Å². The fourth-order valence-electron chi connectivity index (χ4n) is 2.92. The molecule has 0 fully saturated rings. The van der Waals surface area contributed by atoms with Gasteiger partial charge in [0.05, 0.1) is 5.49 Å². The van der Waals surface area contributed by atoms with E-state index in [0.717, 1.165) is 16.7 Å². The van der Waals surface area contributed by atoms with Crippen LogP contribution in [0, 0.1) is 0 Å². The number of thiocarbonyl (C=S) groups is 1. The zero-order chi connectivity index (χ0) is 19.2. The highest BCUT2D eigenvalue weighted by molar-refractivity contribution is 7.78. The molecule has 6 nitrogen and oxygen atoms in total. The fraction of sp³-hybridized carbons (Fsp3) is 0.556. The Bertz CT molecular complexity index is 667. The molecule has 0 aliphatic carbocycles. The highest BCUT2D eigenvalue weighted by Gasteiger charge is 2.33. The molecule has 1 aromatic carbocycles. The van der Waals surface area contributed by atoms with Gasteiger partial charge in [0.25, 0.3) is 0 Å². The van der Waals surface area contributed by atoms with Crippen molar-refractivity contribution < 1.29 is 5.11 Å². The van der Waals surface area contributed by atoms with E-state index in [1.165, 1.54) is 5.49 Å². The van der Waals surface area contributed by atoms with Gasteiger partial charge in [0.1, 0.15) is 5.75 Å². The average Bonchev–Trinajstić information content (AvgIpc) is 2.80. The molecule has 0 aromatic heterocycles. The summed E-state index contributed by atoms with van der Waals surface area (Å²) in [6, 6.07) is 3.95. The number of hydrogen-bond acceptors (Lipinski definition) is 6. The van der Waals surface area contributed by atoms with Crippen molar-refractivity contribution in [3.05, 3.63) is 28.8 Å². The second kappa shape index (κ2) is 6.64. The maximum atomic E-state index is 10.9. The third-order valence-electron chi connectivity index (χ3n) is 4.27. The molecule has 138 valence electrons.